The van der Waals surface area contributed by atoms with Gasteiger partial charge in [-0.25, -0.2) is 4.79 Å². The molecule has 0 saturated heterocycles. The molecule has 0 radical (unpaired) electrons. The van der Waals surface area contributed by atoms with Gasteiger partial charge in [0.15, 0.2) is 0 Å². The maximum absolute atomic E-state index is 11.7. The van der Waals surface area contributed by atoms with Crippen LogP contribution in [-0.2, 0) is 4.74 Å². The summed E-state index contributed by atoms with van der Waals surface area (Å²) in [5.74, 6) is 3.36. The molecular formula is C25H32O2. The van der Waals surface area contributed by atoms with Crippen LogP contribution < -0.4 is 0 Å². The van der Waals surface area contributed by atoms with Crippen molar-refractivity contribution in [3.63, 3.8) is 0 Å². The summed E-state index contributed by atoms with van der Waals surface area (Å²) < 4.78 is 4.84. The van der Waals surface area contributed by atoms with Crippen LogP contribution in [0.2, 0.25) is 0 Å². The standard InChI is InChI=1S/C25H32O2/c1-3-4-17-5-6-19-14-20(8-7-18(19)13-17)21-9-10-23-16-24(25(26)27-2)12-11-22(23)15-21/h9-12,15-20H,3-8,13-14H2,1-2H3/t17?,18-,19+,20?/m0/s1. The maximum Gasteiger partial charge on any atom is 0.337 e. The van der Waals surface area contributed by atoms with Crippen LogP contribution in [0, 0.1) is 17.8 Å². The molecule has 0 bridgehead atoms. The monoisotopic (exact) mass is 364 g/mol. The Kier molecular flexibility index (Phi) is 5.52. The number of benzene rings is 2. The molecule has 2 aromatic carbocycles. The molecule has 2 unspecified atom stereocenters. The molecule has 0 aromatic heterocycles. The van der Waals surface area contributed by atoms with Gasteiger partial charge in [0.2, 0.25) is 0 Å². The van der Waals surface area contributed by atoms with Crippen molar-refractivity contribution >= 4 is 16.7 Å². The van der Waals surface area contributed by atoms with Crippen LogP contribution in [-0.4, -0.2) is 13.1 Å². The highest BCUT2D eigenvalue weighted by Gasteiger charge is 2.35. The average molecular weight is 365 g/mol. The largest absolute Gasteiger partial charge is 0.465 e. The molecule has 2 nitrogen and oxygen atoms in total. The zero-order valence-corrected chi connectivity index (χ0v) is 16.7. The lowest BCUT2D eigenvalue weighted by molar-refractivity contribution is 0.0601. The Balaban J connectivity index is 1.48. The van der Waals surface area contributed by atoms with Crippen molar-refractivity contribution in [3.8, 4) is 0 Å². The van der Waals surface area contributed by atoms with Crippen molar-refractivity contribution in [2.24, 2.45) is 17.8 Å². The van der Waals surface area contributed by atoms with Crippen molar-refractivity contribution in [3.05, 3.63) is 47.5 Å². The Morgan fingerprint density at radius 2 is 1.70 bits per heavy atom. The van der Waals surface area contributed by atoms with Gasteiger partial charge in [-0.15, -0.1) is 0 Å². The van der Waals surface area contributed by atoms with Crippen molar-refractivity contribution in [2.45, 2.75) is 64.2 Å². The Bertz CT molecular complexity index is 809. The number of fused-ring (bicyclic) bond motifs is 2. The highest BCUT2D eigenvalue weighted by atomic mass is 16.5. The number of rotatable bonds is 4. The maximum atomic E-state index is 11.7. The van der Waals surface area contributed by atoms with E-state index in [-0.39, 0.29) is 5.97 Å². The molecule has 0 heterocycles. The summed E-state index contributed by atoms with van der Waals surface area (Å²) in [6.07, 6.45) is 11.3. The summed E-state index contributed by atoms with van der Waals surface area (Å²) in [4.78, 5) is 11.7. The molecule has 0 amide bonds. The van der Waals surface area contributed by atoms with Crippen LogP contribution >= 0.6 is 0 Å². The molecule has 0 spiro atoms. The summed E-state index contributed by atoms with van der Waals surface area (Å²) in [7, 11) is 1.43. The van der Waals surface area contributed by atoms with Gasteiger partial charge in [0.25, 0.3) is 0 Å². The zero-order chi connectivity index (χ0) is 18.8. The normalized spacial score (nSPS) is 27.9. The van der Waals surface area contributed by atoms with E-state index < -0.39 is 0 Å². The van der Waals surface area contributed by atoms with E-state index in [1.54, 1.807) is 0 Å². The lowest BCUT2D eigenvalue weighted by Gasteiger charge is -2.42. The predicted molar refractivity (Wildman–Crippen MR) is 111 cm³/mol. The molecule has 2 aliphatic carbocycles. The second kappa shape index (κ2) is 8.04. The lowest BCUT2D eigenvalue weighted by Crippen LogP contribution is -2.30. The lowest BCUT2D eigenvalue weighted by atomic mass is 9.63. The van der Waals surface area contributed by atoms with Gasteiger partial charge in [0.1, 0.15) is 0 Å². The SMILES string of the molecule is CCCC1CC[C@@H]2CC(c3ccc4cc(C(=O)OC)ccc4c3)CC[C@H]2C1. The van der Waals surface area contributed by atoms with Crippen LogP contribution in [0.5, 0.6) is 0 Å². The van der Waals surface area contributed by atoms with E-state index in [4.69, 9.17) is 4.74 Å². The van der Waals surface area contributed by atoms with Crippen LogP contribution in [0.3, 0.4) is 0 Å². The highest BCUT2D eigenvalue weighted by Crippen LogP contribution is 2.48. The molecule has 144 valence electrons. The molecule has 2 heteroatoms. The molecule has 0 N–H and O–H groups in total. The van der Waals surface area contributed by atoms with E-state index in [0.29, 0.717) is 11.5 Å². The molecule has 2 fully saturated rings. The van der Waals surface area contributed by atoms with Gasteiger partial charge < -0.3 is 4.74 Å². The molecule has 2 aromatic rings. The molecule has 0 aliphatic heterocycles. The van der Waals surface area contributed by atoms with E-state index >= 15 is 0 Å². The molecule has 2 saturated carbocycles. The van der Waals surface area contributed by atoms with Gasteiger partial charge in [-0.3, -0.25) is 0 Å². The van der Waals surface area contributed by atoms with Crippen molar-refractivity contribution in [2.75, 3.05) is 7.11 Å². The van der Waals surface area contributed by atoms with Gasteiger partial charge >= 0.3 is 5.97 Å². The fourth-order valence-corrected chi connectivity index (χ4v) is 5.72. The first-order valence-electron chi connectivity index (χ1n) is 10.8. The summed E-state index contributed by atoms with van der Waals surface area (Å²) in [5, 5.41) is 2.35. The Morgan fingerprint density at radius 3 is 2.52 bits per heavy atom. The van der Waals surface area contributed by atoms with E-state index in [2.05, 4.69) is 31.2 Å². The van der Waals surface area contributed by atoms with E-state index in [1.165, 1.54) is 69.4 Å². The second-order valence-corrected chi connectivity index (χ2v) is 8.81. The van der Waals surface area contributed by atoms with E-state index in [9.17, 15) is 4.79 Å². The van der Waals surface area contributed by atoms with Gasteiger partial charge in [0.05, 0.1) is 12.7 Å². The van der Waals surface area contributed by atoms with Crippen LogP contribution in [0.15, 0.2) is 36.4 Å². The van der Waals surface area contributed by atoms with Crippen LogP contribution in [0.4, 0.5) is 0 Å². The van der Waals surface area contributed by atoms with E-state index in [1.807, 2.05) is 12.1 Å². The topological polar surface area (TPSA) is 26.3 Å². The van der Waals surface area contributed by atoms with Crippen molar-refractivity contribution < 1.29 is 9.53 Å². The number of hydrogen-bond acceptors (Lipinski definition) is 2. The summed E-state index contributed by atoms with van der Waals surface area (Å²) in [5.41, 5.74) is 2.12. The third kappa shape index (κ3) is 3.90. The fourth-order valence-electron chi connectivity index (χ4n) is 5.72. The van der Waals surface area contributed by atoms with Gasteiger partial charge in [-0.2, -0.15) is 0 Å². The molecule has 4 atom stereocenters. The number of hydrogen-bond donors (Lipinski definition) is 0. The van der Waals surface area contributed by atoms with Gasteiger partial charge in [0, 0.05) is 0 Å². The summed E-state index contributed by atoms with van der Waals surface area (Å²) >= 11 is 0. The van der Waals surface area contributed by atoms with Crippen LogP contribution in [0.25, 0.3) is 10.8 Å². The minimum atomic E-state index is -0.266. The summed E-state index contributed by atoms with van der Waals surface area (Å²) in [6, 6.07) is 12.7. The molecule has 27 heavy (non-hydrogen) atoms. The molecular weight excluding hydrogens is 332 g/mol. The molecule has 2 aliphatic rings. The predicted octanol–water partition coefficient (Wildman–Crippen LogP) is 6.73. The van der Waals surface area contributed by atoms with Crippen molar-refractivity contribution in [1.29, 1.82) is 0 Å². The van der Waals surface area contributed by atoms with Gasteiger partial charge in [-0.05, 0) is 84.2 Å². The van der Waals surface area contributed by atoms with Crippen molar-refractivity contribution in [1.82, 2.24) is 0 Å². The fraction of sp³-hybridized carbons (Fsp3) is 0.560. The average Bonchev–Trinajstić information content (AvgIpc) is 2.72. The number of ether oxygens (including phenoxy) is 1. The summed E-state index contributed by atoms with van der Waals surface area (Å²) in [6.45, 7) is 2.33. The Morgan fingerprint density at radius 1 is 0.963 bits per heavy atom. The third-order valence-electron chi connectivity index (χ3n) is 7.18. The van der Waals surface area contributed by atoms with Crippen LogP contribution in [0.1, 0.15) is 80.1 Å². The minimum absolute atomic E-state index is 0.266. The number of methoxy groups -OCH3 is 1. The molecule has 4 rings (SSSR count). The zero-order valence-electron chi connectivity index (χ0n) is 16.7. The third-order valence-corrected chi connectivity index (χ3v) is 7.18. The highest BCUT2D eigenvalue weighted by molar-refractivity contribution is 5.95. The minimum Gasteiger partial charge on any atom is -0.465 e. The Hall–Kier alpha value is -1.83. The number of carbonyl (C=O) groups excluding carboxylic acids is 1. The number of esters is 1. The second-order valence-electron chi connectivity index (χ2n) is 8.81. The first kappa shape index (κ1) is 18.5. The van der Waals surface area contributed by atoms with Gasteiger partial charge in [-0.1, -0.05) is 50.5 Å². The first-order valence-corrected chi connectivity index (χ1v) is 10.8. The number of carbonyl (C=O) groups is 1. The Labute approximate surface area is 163 Å². The quantitative estimate of drug-likeness (QED) is 0.562. The smallest absolute Gasteiger partial charge is 0.337 e. The first-order chi connectivity index (χ1) is 13.2. The van der Waals surface area contributed by atoms with E-state index in [0.717, 1.165) is 23.1 Å².